The molecule has 0 radical (unpaired) electrons. The molecule has 16 heavy (non-hydrogen) atoms. The number of carbonyl (C=O) groups excluding carboxylic acids is 1. The zero-order valence-electron chi connectivity index (χ0n) is 10.2. The van der Waals surface area contributed by atoms with Gasteiger partial charge in [-0.1, -0.05) is 12.2 Å². The first-order chi connectivity index (χ1) is 7.34. The molecule has 1 heterocycles. The predicted molar refractivity (Wildman–Crippen MR) is 69.2 cm³/mol. The van der Waals surface area contributed by atoms with E-state index in [1.165, 1.54) is 0 Å². The molecule has 5 heteroatoms. The van der Waals surface area contributed by atoms with Gasteiger partial charge in [-0.05, 0) is 39.8 Å². The van der Waals surface area contributed by atoms with E-state index in [2.05, 4.69) is 17.3 Å². The van der Waals surface area contributed by atoms with E-state index in [4.69, 9.17) is 18.0 Å². The Morgan fingerprint density at radius 1 is 1.62 bits per heavy atom. The molecule has 1 aliphatic rings. The van der Waals surface area contributed by atoms with E-state index >= 15 is 0 Å². The van der Waals surface area contributed by atoms with Crippen LogP contribution in [0.2, 0.25) is 0 Å². The molecule has 0 aromatic carbocycles. The Hall–Kier alpha value is -0.680. The molecule has 0 aromatic rings. The highest BCUT2D eigenvalue weighted by atomic mass is 32.1. The van der Waals surface area contributed by atoms with Crippen molar-refractivity contribution in [2.45, 2.75) is 20.3 Å². The van der Waals surface area contributed by atoms with Crippen molar-refractivity contribution >= 4 is 23.1 Å². The number of carbonyl (C=O) groups is 1. The van der Waals surface area contributed by atoms with Crippen LogP contribution >= 0.6 is 12.2 Å². The lowest BCUT2D eigenvalue weighted by atomic mass is 9.92. The van der Waals surface area contributed by atoms with Gasteiger partial charge >= 0.3 is 0 Å². The molecule has 0 aliphatic carbocycles. The van der Waals surface area contributed by atoms with Crippen LogP contribution in [-0.4, -0.2) is 42.5 Å². The Kier molecular flexibility index (Phi) is 4.27. The maximum atomic E-state index is 11.9. The van der Waals surface area contributed by atoms with Gasteiger partial charge in [0.15, 0.2) is 0 Å². The normalized spacial score (nSPS) is 22.1. The van der Waals surface area contributed by atoms with E-state index in [0.717, 1.165) is 26.1 Å². The number of rotatable bonds is 4. The molecule has 4 nitrogen and oxygen atoms in total. The van der Waals surface area contributed by atoms with Gasteiger partial charge in [0.25, 0.3) is 0 Å². The molecular formula is C11H21N3OS. The molecular weight excluding hydrogens is 222 g/mol. The minimum absolute atomic E-state index is 0.0745. The summed E-state index contributed by atoms with van der Waals surface area (Å²) in [5, 5.41) is 2.93. The zero-order chi connectivity index (χ0) is 12.3. The van der Waals surface area contributed by atoms with E-state index in [1.807, 2.05) is 0 Å². The van der Waals surface area contributed by atoms with Gasteiger partial charge in [0.2, 0.25) is 5.91 Å². The summed E-state index contributed by atoms with van der Waals surface area (Å²) < 4.78 is 0. The number of nitrogens with two attached hydrogens (primary N) is 1. The predicted octanol–water partition coefficient (Wildman–Crippen LogP) is 0.367. The van der Waals surface area contributed by atoms with Crippen LogP contribution in [0.3, 0.4) is 0 Å². The van der Waals surface area contributed by atoms with E-state index in [-0.39, 0.29) is 10.9 Å². The summed E-state index contributed by atoms with van der Waals surface area (Å²) >= 11 is 4.88. The van der Waals surface area contributed by atoms with Crippen molar-refractivity contribution in [2.75, 3.05) is 26.7 Å². The van der Waals surface area contributed by atoms with E-state index in [0.29, 0.717) is 5.92 Å². The molecule has 1 fully saturated rings. The first-order valence-corrected chi connectivity index (χ1v) is 6.01. The maximum absolute atomic E-state index is 11.9. The minimum Gasteiger partial charge on any atom is -0.392 e. The van der Waals surface area contributed by atoms with Crippen LogP contribution < -0.4 is 11.1 Å². The van der Waals surface area contributed by atoms with Crippen LogP contribution in [0.25, 0.3) is 0 Å². The van der Waals surface area contributed by atoms with Crippen molar-refractivity contribution in [3.63, 3.8) is 0 Å². The van der Waals surface area contributed by atoms with Crippen molar-refractivity contribution in [1.82, 2.24) is 10.2 Å². The van der Waals surface area contributed by atoms with Crippen LogP contribution in [0, 0.1) is 11.3 Å². The fourth-order valence-corrected chi connectivity index (χ4v) is 1.86. The number of hydrogen-bond donors (Lipinski definition) is 2. The molecule has 1 atom stereocenters. The highest BCUT2D eigenvalue weighted by molar-refractivity contribution is 7.80. The fourth-order valence-electron chi connectivity index (χ4n) is 1.76. The molecule has 3 N–H and O–H groups in total. The number of thiocarbonyl (C=S) groups is 1. The lowest BCUT2D eigenvalue weighted by molar-refractivity contribution is -0.126. The highest BCUT2D eigenvalue weighted by Crippen LogP contribution is 2.17. The monoisotopic (exact) mass is 243 g/mol. The Labute approximate surface area is 103 Å². The summed E-state index contributed by atoms with van der Waals surface area (Å²) in [5.74, 6) is 0.477. The number of nitrogens with one attached hydrogen (secondary N) is 1. The van der Waals surface area contributed by atoms with Crippen molar-refractivity contribution in [3.8, 4) is 0 Å². The molecule has 1 unspecified atom stereocenters. The average Bonchev–Trinajstić information content (AvgIpc) is 2.60. The van der Waals surface area contributed by atoms with Crippen molar-refractivity contribution in [3.05, 3.63) is 0 Å². The Balaban J connectivity index is 2.38. The third-order valence-electron chi connectivity index (χ3n) is 3.22. The topological polar surface area (TPSA) is 58.4 Å². The smallest absolute Gasteiger partial charge is 0.232 e. The van der Waals surface area contributed by atoms with Crippen LogP contribution in [0.4, 0.5) is 0 Å². The minimum atomic E-state index is -0.750. The molecule has 0 aromatic heterocycles. The summed E-state index contributed by atoms with van der Waals surface area (Å²) in [6.07, 6.45) is 1.14. The summed E-state index contributed by atoms with van der Waals surface area (Å²) in [7, 11) is 2.10. The largest absolute Gasteiger partial charge is 0.392 e. The molecule has 0 spiro atoms. The molecule has 1 amide bonds. The van der Waals surface area contributed by atoms with E-state index in [1.54, 1.807) is 13.8 Å². The Morgan fingerprint density at radius 2 is 2.25 bits per heavy atom. The maximum Gasteiger partial charge on any atom is 0.232 e. The summed E-state index contributed by atoms with van der Waals surface area (Å²) in [6, 6.07) is 0. The van der Waals surface area contributed by atoms with Crippen molar-refractivity contribution in [1.29, 1.82) is 0 Å². The van der Waals surface area contributed by atoms with Crippen LogP contribution in [0.1, 0.15) is 20.3 Å². The van der Waals surface area contributed by atoms with Gasteiger partial charge in [-0.25, -0.2) is 0 Å². The third-order valence-corrected chi connectivity index (χ3v) is 3.73. The second-order valence-corrected chi connectivity index (χ2v) is 5.56. The number of hydrogen-bond acceptors (Lipinski definition) is 3. The second-order valence-electron chi connectivity index (χ2n) is 5.12. The molecule has 0 saturated carbocycles. The molecule has 1 rings (SSSR count). The van der Waals surface area contributed by atoms with Crippen LogP contribution in [0.5, 0.6) is 0 Å². The molecule has 1 aliphatic heterocycles. The molecule has 1 saturated heterocycles. The van der Waals surface area contributed by atoms with E-state index < -0.39 is 5.41 Å². The molecule has 92 valence electrons. The van der Waals surface area contributed by atoms with Gasteiger partial charge in [0.05, 0.1) is 10.4 Å². The van der Waals surface area contributed by atoms with Crippen LogP contribution in [0.15, 0.2) is 0 Å². The third kappa shape index (κ3) is 3.15. The lowest BCUT2D eigenvalue weighted by Gasteiger charge is -2.23. The summed E-state index contributed by atoms with van der Waals surface area (Å²) in [5.41, 5.74) is 4.79. The lowest BCUT2D eigenvalue weighted by Crippen LogP contribution is -2.46. The number of likely N-dealkylation sites (tertiary alicyclic amines) is 1. The van der Waals surface area contributed by atoms with Crippen LogP contribution in [-0.2, 0) is 4.79 Å². The van der Waals surface area contributed by atoms with Gasteiger partial charge in [0, 0.05) is 13.1 Å². The van der Waals surface area contributed by atoms with Gasteiger partial charge in [-0.3, -0.25) is 4.79 Å². The van der Waals surface area contributed by atoms with E-state index in [9.17, 15) is 4.79 Å². The zero-order valence-corrected chi connectivity index (χ0v) is 11.1. The Bertz CT molecular complexity index is 291. The Morgan fingerprint density at radius 3 is 2.69 bits per heavy atom. The standard InChI is InChI=1S/C11H21N3OS/c1-11(2,9(12)16)10(15)13-6-8-4-5-14(3)7-8/h8H,4-7H2,1-3H3,(H2,12,16)(H,13,15). The quantitative estimate of drug-likeness (QED) is 0.700. The fraction of sp³-hybridized carbons (Fsp3) is 0.818. The first-order valence-electron chi connectivity index (χ1n) is 5.60. The van der Waals surface area contributed by atoms with Gasteiger partial charge in [-0.2, -0.15) is 0 Å². The summed E-state index contributed by atoms with van der Waals surface area (Å²) in [4.78, 5) is 14.4. The van der Waals surface area contributed by atoms with Gasteiger partial charge < -0.3 is 16.0 Å². The molecule has 0 bridgehead atoms. The number of nitrogens with zero attached hydrogens (tertiary/aromatic N) is 1. The first kappa shape index (κ1) is 13.4. The SMILES string of the molecule is CN1CCC(CNC(=O)C(C)(C)C(N)=S)C1. The second kappa shape index (κ2) is 5.10. The van der Waals surface area contributed by atoms with Gasteiger partial charge in [0.1, 0.15) is 0 Å². The van der Waals surface area contributed by atoms with Gasteiger partial charge in [-0.15, -0.1) is 0 Å². The highest BCUT2D eigenvalue weighted by Gasteiger charge is 2.31. The van der Waals surface area contributed by atoms with Crippen molar-refractivity contribution < 1.29 is 4.79 Å². The number of amides is 1. The summed E-state index contributed by atoms with van der Waals surface area (Å²) in [6.45, 7) is 6.39. The average molecular weight is 243 g/mol. The van der Waals surface area contributed by atoms with Crippen molar-refractivity contribution in [2.24, 2.45) is 17.1 Å².